The summed E-state index contributed by atoms with van der Waals surface area (Å²) in [4.78, 5) is 4.29. The molecule has 1 aromatic heterocycles. The van der Waals surface area contributed by atoms with Crippen molar-refractivity contribution in [2.45, 2.75) is 45.4 Å². The Morgan fingerprint density at radius 1 is 1.33 bits per heavy atom. The van der Waals surface area contributed by atoms with E-state index in [4.69, 9.17) is 18.0 Å². The van der Waals surface area contributed by atoms with Crippen LogP contribution in [0.15, 0.2) is 12.3 Å². The maximum Gasteiger partial charge on any atom is 0.207 e. The van der Waals surface area contributed by atoms with E-state index >= 15 is 0 Å². The molecule has 1 heterocycles. The van der Waals surface area contributed by atoms with E-state index in [1.165, 1.54) is 12.0 Å². The van der Waals surface area contributed by atoms with Crippen LogP contribution in [0.3, 0.4) is 0 Å². The van der Waals surface area contributed by atoms with Crippen LogP contribution in [0.4, 0.5) is 0 Å². The smallest absolute Gasteiger partial charge is 0.207 e. The number of nitrogens with two attached hydrogens (primary N) is 1. The van der Waals surface area contributed by atoms with E-state index in [2.05, 4.69) is 18.0 Å². The van der Waals surface area contributed by atoms with E-state index in [9.17, 15) is 5.11 Å². The number of rotatable bonds is 8. The monoisotopic (exact) mass is 266 g/mol. The van der Waals surface area contributed by atoms with Crippen LogP contribution < -0.4 is 5.73 Å². The fraction of sp³-hybridized carbons (Fsp3) is 0.571. The largest absolute Gasteiger partial charge is 0.497 e. The lowest BCUT2D eigenvalue weighted by atomic mass is 10.0. The standard InChI is InChI=1S/C14H22N2OS/c1-2-3-6-11-9-12(7-4-5-8-15)13(14(17)18)16-10-11/h9-10H,2-8,15H2,1H3,(H,17,18). The highest BCUT2D eigenvalue weighted by atomic mass is 32.1. The second-order valence-electron chi connectivity index (χ2n) is 4.51. The number of nitrogens with zero attached hydrogens (tertiary/aromatic N) is 1. The zero-order valence-electron chi connectivity index (χ0n) is 11.0. The van der Waals surface area contributed by atoms with Crippen LogP contribution in [0, 0.1) is 0 Å². The maximum atomic E-state index is 9.47. The van der Waals surface area contributed by atoms with Crippen molar-refractivity contribution in [3.8, 4) is 0 Å². The Balaban J connectivity index is 2.82. The van der Waals surface area contributed by atoms with Crippen molar-refractivity contribution in [2.75, 3.05) is 6.54 Å². The first kappa shape index (κ1) is 15.1. The predicted octanol–water partition coefficient (Wildman–Crippen LogP) is 2.94. The lowest BCUT2D eigenvalue weighted by molar-refractivity contribution is 0.566. The summed E-state index contributed by atoms with van der Waals surface area (Å²) in [6.07, 6.45) is 8.04. The molecule has 0 aliphatic heterocycles. The van der Waals surface area contributed by atoms with Crippen LogP contribution in [0.1, 0.15) is 49.4 Å². The number of aryl methyl sites for hydroxylation is 2. The molecule has 100 valence electrons. The summed E-state index contributed by atoms with van der Waals surface area (Å²) in [5.41, 5.74) is 8.32. The lowest BCUT2D eigenvalue weighted by Gasteiger charge is -2.09. The average molecular weight is 266 g/mol. The molecule has 0 bridgehead atoms. The summed E-state index contributed by atoms with van der Waals surface area (Å²) < 4.78 is 0. The van der Waals surface area contributed by atoms with Crippen molar-refractivity contribution >= 4 is 17.3 Å². The Labute approximate surface area is 114 Å². The highest BCUT2D eigenvalue weighted by Gasteiger charge is 2.09. The van der Waals surface area contributed by atoms with Crippen LogP contribution >= 0.6 is 12.2 Å². The molecule has 0 saturated carbocycles. The van der Waals surface area contributed by atoms with Crippen LogP contribution in [0.25, 0.3) is 0 Å². The first-order valence-corrected chi connectivity index (χ1v) is 7.01. The summed E-state index contributed by atoms with van der Waals surface area (Å²) in [5.74, 6) is 0. The van der Waals surface area contributed by atoms with Gasteiger partial charge >= 0.3 is 0 Å². The van der Waals surface area contributed by atoms with Crippen molar-refractivity contribution < 1.29 is 5.11 Å². The predicted molar refractivity (Wildman–Crippen MR) is 79.2 cm³/mol. The summed E-state index contributed by atoms with van der Waals surface area (Å²) >= 11 is 4.83. The Kier molecular flexibility index (Phi) is 6.83. The average Bonchev–Trinajstić information content (AvgIpc) is 2.36. The van der Waals surface area contributed by atoms with Gasteiger partial charge in [0.15, 0.2) is 0 Å². The van der Waals surface area contributed by atoms with Crippen molar-refractivity contribution in [1.29, 1.82) is 0 Å². The van der Waals surface area contributed by atoms with Gasteiger partial charge in [-0.25, -0.2) is 0 Å². The topological polar surface area (TPSA) is 59.1 Å². The van der Waals surface area contributed by atoms with E-state index in [-0.39, 0.29) is 5.05 Å². The highest BCUT2D eigenvalue weighted by Crippen LogP contribution is 2.14. The minimum Gasteiger partial charge on any atom is -0.497 e. The van der Waals surface area contributed by atoms with Gasteiger partial charge in [-0.3, -0.25) is 4.98 Å². The Morgan fingerprint density at radius 2 is 2.11 bits per heavy atom. The molecule has 0 fully saturated rings. The molecule has 0 atom stereocenters. The number of pyridine rings is 1. The van der Waals surface area contributed by atoms with Crippen molar-refractivity contribution in [3.05, 3.63) is 29.1 Å². The number of aromatic nitrogens is 1. The van der Waals surface area contributed by atoms with Gasteiger partial charge in [0, 0.05) is 6.20 Å². The third-order valence-electron chi connectivity index (χ3n) is 2.95. The van der Waals surface area contributed by atoms with Crippen molar-refractivity contribution in [2.24, 2.45) is 5.73 Å². The number of aliphatic hydroxyl groups is 1. The number of thiocarbonyl (C=S) groups is 1. The molecular formula is C14H22N2OS. The normalized spacial score (nSPS) is 10.6. The zero-order valence-corrected chi connectivity index (χ0v) is 11.8. The fourth-order valence-electron chi connectivity index (χ4n) is 1.92. The van der Waals surface area contributed by atoms with Gasteiger partial charge in [0.2, 0.25) is 5.05 Å². The van der Waals surface area contributed by atoms with E-state index < -0.39 is 0 Å². The molecule has 0 aliphatic rings. The van der Waals surface area contributed by atoms with Crippen molar-refractivity contribution in [3.63, 3.8) is 0 Å². The summed E-state index contributed by atoms with van der Waals surface area (Å²) in [6, 6.07) is 2.12. The van der Waals surface area contributed by atoms with Gasteiger partial charge in [-0.1, -0.05) is 19.4 Å². The molecule has 0 amide bonds. The molecule has 0 aromatic carbocycles. The Hall–Kier alpha value is -1.00. The molecule has 3 N–H and O–H groups in total. The summed E-state index contributed by atoms with van der Waals surface area (Å²) in [6.45, 7) is 2.87. The van der Waals surface area contributed by atoms with Gasteiger partial charge in [0.25, 0.3) is 0 Å². The van der Waals surface area contributed by atoms with Gasteiger partial charge in [-0.15, -0.1) is 0 Å². The van der Waals surface area contributed by atoms with Gasteiger partial charge in [0.1, 0.15) is 5.69 Å². The molecule has 18 heavy (non-hydrogen) atoms. The van der Waals surface area contributed by atoms with E-state index in [1.807, 2.05) is 6.20 Å². The highest BCUT2D eigenvalue weighted by molar-refractivity contribution is 7.80. The molecule has 1 aromatic rings. The van der Waals surface area contributed by atoms with Gasteiger partial charge in [-0.05, 0) is 62.0 Å². The van der Waals surface area contributed by atoms with E-state index in [0.29, 0.717) is 12.2 Å². The van der Waals surface area contributed by atoms with E-state index in [1.54, 1.807) is 0 Å². The SMILES string of the molecule is CCCCc1cnc(C(O)=S)c(CCCCN)c1. The number of hydrogen-bond donors (Lipinski definition) is 2. The quantitative estimate of drug-likeness (QED) is 0.561. The maximum absolute atomic E-state index is 9.47. The van der Waals surface area contributed by atoms with Gasteiger partial charge < -0.3 is 10.8 Å². The number of unbranched alkanes of at least 4 members (excludes halogenated alkanes) is 2. The third-order valence-corrected chi connectivity index (χ3v) is 3.14. The molecule has 0 saturated heterocycles. The Morgan fingerprint density at radius 3 is 2.72 bits per heavy atom. The van der Waals surface area contributed by atoms with Crippen LogP contribution in [0.5, 0.6) is 0 Å². The molecule has 0 unspecified atom stereocenters. The third kappa shape index (κ3) is 4.70. The summed E-state index contributed by atoms with van der Waals surface area (Å²) in [7, 11) is 0. The first-order chi connectivity index (χ1) is 8.69. The Bertz CT molecular complexity index is 393. The fourth-order valence-corrected chi connectivity index (χ4v) is 2.10. The molecule has 4 heteroatoms. The van der Waals surface area contributed by atoms with Crippen LogP contribution in [-0.4, -0.2) is 21.7 Å². The molecule has 1 rings (SSSR count). The summed E-state index contributed by atoms with van der Waals surface area (Å²) in [5, 5.41) is 9.36. The molecular weight excluding hydrogens is 244 g/mol. The first-order valence-electron chi connectivity index (χ1n) is 6.60. The number of aliphatic hydroxyl groups excluding tert-OH is 1. The lowest BCUT2D eigenvalue weighted by Crippen LogP contribution is -2.07. The molecule has 0 radical (unpaired) electrons. The van der Waals surface area contributed by atoms with Crippen LogP contribution in [0.2, 0.25) is 0 Å². The molecule has 0 aliphatic carbocycles. The zero-order chi connectivity index (χ0) is 13.4. The molecule has 3 nitrogen and oxygen atoms in total. The van der Waals surface area contributed by atoms with Crippen LogP contribution in [-0.2, 0) is 12.8 Å². The van der Waals surface area contributed by atoms with Gasteiger partial charge in [-0.2, -0.15) is 0 Å². The number of hydrogen-bond acceptors (Lipinski definition) is 3. The van der Waals surface area contributed by atoms with Gasteiger partial charge in [0.05, 0.1) is 0 Å². The second-order valence-corrected chi connectivity index (χ2v) is 4.89. The van der Waals surface area contributed by atoms with E-state index in [0.717, 1.165) is 37.7 Å². The second kappa shape index (κ2) is 8.16. The molecule has 0 spiro atoms. The minimum absolute atomic E-state index is 0.111. The van der Waals surface area contributed by atoms with Crippen molar-refractivity contribution in [1.82, 2.24) is 4.98 Å². The minimum atomic E-state index is -0.111.